The van der Waals surface area contributed by atoms with Gasteiger partial charge in [-0.15, -0.1) is 0 Å². The van der Waals surface area contributed by atoms with Crippen molar-refractivity contribution in [3.8, 4) is 0 Å². The van der Waals surface area contributed by atoms with Crippen molar-refractivity contribution in [2.45, 2.75) is 13.0 Å². The highest BCUT2D eigenvalue weighted by Gasteiger charge is 2.25. The van der Waals surface area contributed by atoms with Crippen LogP contribution in [0.2, 0.25) is 0 Å². The Morgan fingerprint density at radius 3 is 2.53 bits per heavy atom. The lowest BCUT2D eigenvalue weighted by Gasteiger charge is -2.30. The maximum absolute atomic E-state index is 13.0. The van der Waals surface area contributed by atoms with Gasteiger partial charge in [-0.1, -0.05) is 6.92 Å². The van der Waals surface area contributed by atoms with Gasteiger partial charge in [0, 0.05) is 37.9 Å². The summed E-state index contributed by atoms with van der Waals surface area (Å²) in [5, 5.41) is 3.26. The molecule has 1 saturated heterocycles. The number of nitrogens with zero attached hydrogens (tertiary/aromatic N) is 2. The minimum Gasteiger partial charge on any atom is -0.370 e. The van der Waals surface area contributed by atoms with E-state index in [9.17, 15) is 4.39 Å². The van der Waals surface area contributed by atoms with Crippen molar-refractivity contribution < 1.29 is 4.39 Å². The van der Waals surface area contributed by atoms with Gasteiger partial charge in [0.15, 0.2) is 0 Å². The molecule has 0 radical (unpaired) electrons. The molecule has 1 N–H and O–H groups in total. The molecule has 2 rings (SSSR count). The minimum atomic E-state index is -0.171. The van der Waals surface area contributed by atoms with E-state index in [2.05, 4.69) is 29.1 Å². The topological polar surface area (TPSA) is 18.5 Å². The monoisotopic (exact) mass is 265 g/mol. The van der Waals surface area contributed by atoms with Crippen molar-refractivity contribution in [2.75, 3.05) is 45.2 Å². The van der Waals surface area contributed by atoms with Gasteiger partial charge >= 0.3 is 0 Å². The van der Waals surface area contributed by atoms with Crippen molar-refractivity contribution in [1.82, 2.24) is 10.2 Å². The van der Waals surface area contributed by atoms with Crippen LogP contribution in [0, 0.1) is 11.7 Å². The second-order valence-corrected chi connectivity index (χ2v) is 5.64. The molecule has 1 aromatic rings. The highest BCUT2D eigenvalue weighted by molar-refractivity contribution is 5.46. The Balaban J connectivity index is 2.16. The van der Waals surface area contributed by atoms with E-state index >= 15 is 0 Å². The summed E-state index contributed by atoms with van der Waals surface area (Å²) in [6.45, 7) is 6.35. The molecule has 0 saturated carbocycles. The van der Waals surface area contributed by atoms with Gasteiger partial charge in [0.2, 0.25) is 0 Å². The van der Waals surface area contributed by atoms with E-state index in [0.717, 1.165) is 31.9 Å². The van der Waals surface area contributed by atoms with E-state index in [1.807, 2.05) is 19.2 Å². The average molecular weight is 265 g/mol. The third kappa shape index (κ3) is 3.67. The molecule has 1 fully saturated rings. The standard InChI is InChI=1S/C15H24FN3/c1-12-9-18(3)15(8-17-2)11-19(10-12)14-6-4-13(16)5-7-14/h4-7,12,15,17H,8-11H2,1-3H3. The van der Waals surface area contributed by atoms with Crippen LogP contribution >= 0.6 is 0 Å². The van der Waals surface area contributed by atoms with Crippen LogP contribution in [0.5, 0.6) is 0 Å². The predicted octanol–water partition coefficient (Wildman–Crippen LogP) is 1.80. The number of benzene rings is 1. The molecular weight excluding hydrogens is 241 g/mol. The Bertz CT molecular complexity index is 393. The lowest BCUT2D eigenvalue weighted by atomic mass is 10.1. The Morgan fingerprint density at radius 1 is 1.21 bits per heavy atom. The first-order valence-electron chi connectivity index (χ1n) is 6.95. The fourth-order valence-electron chi connectivity index (χ4n) is 2.86. The van der Waals surface area contributed by atoms with Gasteiger partial charge in [-0.05, 0) is 44.3 Å². The van der Waals surface area contributed by atoms with Crippen LogP contribution in [0.1, 0.15) is 6.92 Å². The van der Waals surface area contributed by atoms with E-state index in [0.29, 0.717) is 12.0 Å². The number of rotatable bonds is 3. The molecule has 2 atom stereocenters. The fraction of sp³-hybridized carbons (Fsp3) is 0.600. The van der Waals surface area contributed by atoms with Crippen LogP contribution < -0.4 is 10.2 Å². The molecule has 0 spiro atoms. The molecule has 0 bridgehead atoms. The maximum atomic E-state index is 13.0. The van der Waals surface area contributed by atoms with Crippen molar-refractivity contribution in [1.29, 1.82) is 0 Å². The van der Waals surface area contributed by atoms with Crippen LogP contribution in [0.3, 0.4) is 0 Å². The molecule has 1 aliphatic heterocycles. The summed E-state index contributed by atoms with van der Waals surface area (Å²) in [5.74, 6) is 0.437. The molecule has 19 heavy (non-hydrogen) atoms. The van der Waals surface area contributed by atoms with E-state index in [1.54, 1.807) is 12.1 Å². The Hall–Kier alpha value is -1.13. The predicted molar refractivity (Wildman–Crippen MR) is 78.1 cm³/mol. The summed E-state index contributed by atoms with van der Waals surface area (Å²) in [5.41, 5.74) is 1.12. The SMILES string of the molecule is CNCC1CN(c2ccc(F)cc2)CC(C)CN1C. The first-order valence-corrected chi connectivity index (χ1v) is 6.95. The van der Waals surface area contributed by atoms with Crippen molar-refractivity contribution >= 4 is 5.69 Å². The summed E-state index contributed by atoms with van der Waals surface area (Å²) in [7, 11) is 4.18. The summed E-state index contributed by atoms with van der Waals surface area (Å²) >= 11 is 0. The molecule has 2 unspecified atom stereocenters. The van der Waals surface area contributed by atoms with Crippen molar-refractivity contribution in [3.63, 3.8) is 0 Å². The number of nitrogens with one attached hydrogen (secondary N) is 1. The molecule has 1 aliphatic rings. The molecule has 1 aromatic carbocycles. The molecule has 4 heteroatoms. The number of likely N-dealkylation sites (N-methyl/N-ethyl adjacent to an activating group) is 2. The molecule has 3 nitrogen and oxygen atoms in total. The second-order valence-electron chi connectivity index (χ2n) is 5.64. The van der Waals surface area contributed by atoms with Gasteiger partial charge in [0.05, 0.1) is 0 Å². The third-order valence-corrected chi connectivity index (χ3v) is 3.82. The van der Waals surface area contributed by atoms with Crippen LogP contribution in [-0.4, -0.2) is 51.2 Å². The van der Waals surface area contributed by atoms with Gasteiger partial charge in [0.1, 0.15) is 5.82 Å². The summed E-state index contributed by atoms with van der Waals surface area (Å²) in [6, 6.07) is 7.33. The average Bonchev–Trinajstić information content (AvgIpc) is 2.50. The Morgan fingerprint density at radius 2 is 1.89 bits per heavy atom. The molecular formula is C15H24FN3. The highest BCUT2D eigenvalue weighted by Crippen LogP contribution is 2.21. The summed E-state index contributed by atoms with van der Waals surface area (Å²) in [6.07, 6.45) is 0. The van der Waals surface area contributed by atoms with Crippen LogP contribution in [0.4, 0.5) is 10.1 Å². The Labute approximate surface area is 115 Å². The molecule has 0 aromatic heterocycles. The second kappa shape index (κ2) is 6.35. The fourth-order valence-corrected chi connectivity index (χ4v) is 2.86. The van der Waals surface area contributed by atoms with Gasteiger partial charge in [-0.3, -0.25) is 0 Å². The number of hydrogen-bond acceptors (Lipinski definition) is 3. The zero-order chi connectivity index (χ0) is 13.8. The largest absolute Gasteiger partial charge is 0.370 e. The first-order chi connectivity index (χ1) is 9.10. The zero-order valence-corrected chi connectivity index (χ0v) is 12.1. The molecule has 0 aliphatic carbocycles. The smallest absolute Gasteiger partial charge is 0.123 e. The van der Waals surface area contributed by atoms with Crippen LogP contribution in [-0.2, 0) is 0 Å². The minimum absolute atomic E-state index is 0.171. The third-order valence-electron chi connectivity index (χ3n) is 3.82. The van der Waals surface area contributed by atoms with Crippen molar-refractivity contribution in [3.05, 3.63) is 30.1 Å². The summed E-state index contributed by atoms with van der Waals surface area (Å²) in [4.78, 5) is 4.79. The van der Waals surface area contributed by atoms with E-state index in [-0.39, 0.29) is 5.82 Å². The van der Waals surface area contributed by atoms with Gasteiger partial charge in [0.25, 0.3) is 0 Å². The summed E-state index contributed by atoms with van der Waals surface area (Å²) < 4.78 is 13.0. The lowest BCUT2D eigenvalue weighted by Crippen LogP contribution is -2.44. The molecule has 1 heterocycles. The maximum Gasteiger partial charge on any atom is 0.123 e. The van der Waals surface area contributed by atoms with Crippen LogP contribution in [0.25, 0.3) is 0 Å². The van der Waals surface area contributed by atoms with Gasteiger partial charge < -0.3 is 15.1 Å². The highest BCUT2D eigenvalue weighted by atomic mass is 19.1. The van der Waals surface area contributed by atoms with Gasteiger partial charge in [-0.25, -0.2) is 4.39 Å². The van der Waals surface area contributed by atoms with Crippen LogP contribution in [0.15, 0.2) is 24.3 Å². The Kier molecular flexibility index (Phi) is 4.77. The molecule has 106 valence electrons. The van der Waals surface area contributed by atoms with Gasteiger partial charge in [-0.2, -0.15) is 0 Å². The van der Waals surface area contributed by atoms with E-state index in [4.69, 9.17) is 0 Å². The number of hydrogen-bond donors (Lipinski definition) is 1. The first kappa shape index (κ1) is 14.3. The normalized spacial score (nSPS) is 25.4. The zero-order valence-electron chi connectivity index (χ0n) is 12.1. The van der Waals surface area contributed by atoms with E-state index < -0.39 is 0 Å². The lowest BCUT2D eigenvalue weighted by molar-refractivity contribution is 0.236. The molecule has 0 amide bonds. The number of halogens is 1. The van der Waals surface area contributed by atoms with E-state index in [1.165, 1.54) is 0 Å². The quantitative estimate of drug-likeness (QED) is 0.899. The number of anilines is 1. The van der Waals surface area contributed by atoms with Crippen molar-refractivity contribution in [2.24, 2.45) is 5.92 Å².